The van der Waals surface area contributed by atoms with Crippen LogP contribution < -0.4 is 5.32 Å². The van der Waals surface area contributed by atoms with Crippen LogP contribution in [0.4, 0.5) is 10.2 Å². The number of nitrogens with zero attached hydrogens (tertiary/aromatic N) is 2. The second kappa shape index (κ2) is 10.8. The lowest BCUT2D eigenvalue weighted by Crippen LogP contribution is -2.29. The fourth-order valence-electron chi connectivity index (χ4n) is 3.06. The normalized spacial score (nSPS) is 15.9. The number of anilines is 1. The molecule has 0 aliphatic heterocycles. The molecule has 4 nitrogen and oxygen atoms in total. The van der Waals surface area contributed by atoms with Crippen LogP contribution >= 0.6 is 36.4 Å². The Morgan fingerprint density at radius 2 is 2.00 bits per heavy atom. The van der Waals surface area contributed by atoms with Crippen molar-refractivity contribution in [2.45, 2.75) is 25.3 Å². The third-order valence-corrected chi connectivity index (χ3v) is 4.92. The molecular formula is C20H23Cl3FN3O. The summed E-state index contributed by atoms with van der Waals surface area (Å²) in [5.74, 6) is -0.444. The summed E-state index contributed by atoms with van der Waals surface area (Å²) in [4.78, 5) is 19.2. The van der Waals surface area contributed by atoms with Gasteiger partial charge in [-0.25, -0.2) is 9.37 Å². The quantitative estimate of drug-likeness (QED) is 0.677. The minimum atomic E-state index is -0.480. The van der Waals surface area contributed by atoms with Crippen molar-refractivity contribution in [1.82, 2.24) is 9.88 Å². The Balaban J connectivity index is 0.00000196. The number of halogens is 4. The van der Waals surface area contributed by atoms with Crippen LogP contribution in [0.15, 0.2) is 42.5 Å². The van der Waals surface area contributed by atoms with E-state index in [0.29, 0.717) is 11.9 Å². The first-order valence-electron chi connectivity index (χ1n) is 8.53. The van der Waals surface area contributed by atoms with Gasteiger partial charge in [0, 0.05) is 6.04 Å². The van der Waals surface area contributed by atoms with E-state index >= 15 is 0 Å². The SMILES string of the molecule is CN(C)C1CC=C(c2cccc(NC(=O)c3ccc(F)cc3Cl)n2)CC1.Cl.Cl. The van der Waals surface area contributed by atoms with Crippen LogP contribution in [0, 0.1) is 5.82 Å². The van der Waals surface area contributed by atoms with Gasteiger partial charge < -0.3 is 10.2 Å². The van der Waals surface area contributed by atoms with E-state index < -0.39 is 11.7 Å². The molecule has 8 heteroatoms. The van der Waals surface area contributed by atoms with Crippen LogP contribution in [0.25, 0.3) is 5.57 Å². The highest BCUT2D eigenvalue weighted by Gasteiger charge is 2.18. The van der Waals surface area contributed by atoms with Crippen molar-refractivity contribution in [1.29, 1.82) is 0 Å². The molecule has 0 saturated heterocycles. The number of rotatable bonds is 4. The zero-order valence-corrected chi connectivity index (χ0v) is 18.0. The summed E-state index contributed by atoms with van der Waals surface area (Å²) in [6.45, 7) is 0. The summed E-state index contributed by atoms with van der Waals surface area (Å²) in [5, 5.41) is 2.81. The van der Waals surface area contributed by atoms with Gasteiger partial charge in [-0.15, -0.1) is 24.8 Å². The number of benzene rings is 1. The maximum atomic E-state index is 13.1. The summed E-state index contributed by atoms with van der Waals surface area (Å²) in [6.07, 6.45) is 5.25. The van der Waals surface area contributed by atoms with E-state index in [0.717, 1.165) is 31.0 Å². The topological polar surface area (TPSA) is 45.2 Å². The predicted molar refractivity (Wildman–Crippen MR) is 117 cm³/mol. The maximum absolute atomic E-state index is 13.1. The van der Waals surface area contributed by atoms with Crippen LogP contribution in [-0.4, -0.2) is 35.9 Å². The first-order chi connectivity index (χ1) is 12.4. The van der Waals surface area contributed by atoms with Crippen LogP contribution in [0.3, 0.4) is 0 Å². The summed E-state index contributed by atoms with van der Waals surface area (Å²) in [6, 6.07) is 9.78. The van der Waals surface area contributed by atoms with E-state index in [1.165, 1.54) is 17.7 Å². The van der Waals surface area contributed by atoms with Crippen LogP contribution in [-0.2, 0) is 0 Å². The molecule has 0 spiro atoms. The molecule has 1 aliphatic carbocycles. The second-order valence-corrected chi connectivity index (χ2v) is 7.01. The molecule has 1 aliphatic rings. The zero-order valence-electron chi connectivity index (χ0n) is 15.6. The number of aromatic nitrogens is 1. The fourth-order valence-corrected chi connectivity index (χ4v) is 3.32. The van der Waals surface area contributed by atoms with Crippen LogP contribution in [0.5, 0.6) is 0 Å². The van der Waals surface area contributed by atoms with E-state index in [1.807, 2.05) is 12.1 Å². The Kier molecular flexibility index (Phi) is 9.37. The van der Waals surface area contributed by atoms with Crippen LogP contribution in [0.1, 0.15) is 35.3 Å². The number of amides is 1. The Bertz CT molecular complexity index is 858. The summed E-state index contributed by atoms with van der Waals surface area (Å²) >= 11 is 5.95. The number of hydrogen-bond donors (Lipinski definition) is 1. The van der Waals surface area contributed by atoms with Gasteiger partial charge in [-0.2, -0.15) is 0 Å². The van der Waals surface area contributed by atoms with Gasteiger partial charge >= 0.3 is 0 Å². The minimum Gasteiger partial charge on any atom is -0.306 e. The molecule has 0 saturated carbocycles. The lowest BCUT2D eigenvalue weighted by atomic mass is 9.92. The number of hydrogen-bond acceptors (Lipinski definition) is 3. The molecule has 1 amide bonds. The third kappa shape index (κ3) is 5.92. The number of carbonyl (C=O) groups is 1. The van der Waals surface area contributed by atoms with Gasteiger partial charge in [0.15, 0.2) is 0 Å². The highest BCUT2D eigenvalue weighted by molar-refractivity contribution is 6.34. The molecule has 0 bridgehead atoms. The molecule has 0 radical (unpaired) electrons. The molecular weight excluding hydrogens is 424 g/mol. The number of carbonyl (C=O) groups excluding carboxylic acids is 1. The fraction of sp³-hybridized carbons (Fsp3) is 0.300. The summed E-state index contributed by atoms with van der Waals surface area (Å²) < 4.78 is 13.1. The van der Waals surface area contributed by atoms with Crippen molar-refractivity contribution >= 4 is 53.7 Å². The molecule has 1 atom stereocenters. The number of nitrogens with one attached hydrogen (secondary N) is 1. The van der Waals surface area contributed by atoms with Crippen molar-refractivity contribution in [3.05, 3.63) is 64.6 Å². The van der Waals surface area contributed by atoms with Crippen LogP contribution in [0.2, 0.25) is 5.02 Å². The Morgan fingerprint density at radius 3 is 2.61 bits per heavy atom. The van der Waals surface area contributed by atoms with Crippen molar-refractivity contribution < 1.29 is 9.18 Å². The first kappa shape index (κ1) is 24.4. The molecule has 0 fully saturated rings. The van der Waals surface area contributed by atoms with Gasteiger partial charge in [0.1, 0.15) is 11.6 Å². The molecule has 3 rings (SSSR count). The summed E-state index contributed by atoms with van der Waals surface area (Å²) in [5.41, 5.74) is 2.27. The smallest absolute Gasteiger partial charge is 0.258 e. The lowest BCUT2D eigenvalue weighted by Gasteiger charge is -2.27. The Labute approximate surface area is 182 Å². The highest BCUT2D eigenvalue weighted by Crippen LogP contribution is 2.28. The van der Waals surface area contributed by atoms with Crippen molar-refractivity contribution in [3.63, 3.8) is 0 Å². The molecule has 28 heavy (non-hydrogen) atoms. The maximum Gasteiger partial charge on any atom is 0.258 e. The molecule has 1 N–H and O–H groups in total. The Morgan fingerprint density at radius 1 is 1.25 bits per heavy atom. The average molecular weight is 447 g/mol. The lowest BCUT2D eigenvalue weighted by molar-refractivity contribution is 0.102. The largest absolute Gasteiger partial charge is 0.306 e. The minimum absolute atomic E-state index is 0. The van der Waals surface area contributed by atoms with Gasteiger partial charge in [0.25, 0.3) is 5.91 Å². The van der Waals surface area contributed by atoms with Crippen molar-refractivity contribution in [3.8, 4) is 0 Å². The first-order valence-corrected chi connectivity index (χ1v) is 8.91. The molecule has 1 aromatic carbocycles. The Hall–Kier alpha value is -1.66. The average Bonchev–Trinajstić information content (AvgIpc) is 2.62. The molecule has 1 heterocycles. The van der Waals surface area contributed by atoms with E-state index in [-0.39, 0.29) is 35.4 Å². The van der Waals surface area contributed by atoms with Gasteiger partial charge in [-0.05, 0) is 69.3 Å². The second-order valence-electron chi connectivity index (χ2n) is 6.61. The van der Waals surface area contributed by atoms with Gasteiger partial charge in [0.2, 0.25) is 0 Å². The van der Waals surface area contributed by atoms with E-state index in [4.69, 9.17) is 11.6 Å². The van der Waals surface area contributed by atoms with E-state index in [2.05, 4.69) is 35.4 Å². The van der Waals surface area contributed by atoms with Gasteiger partial charge in [0.05, 0.1) is 16.3 Å². The standard InChI is InChI=1S/C20H21ClFN3O.2ClH/c1-25(2)15-9-6-13(7-10-15)18-4-3-5-19(23-18)24-20(26)16-11-8-14(22)12-17(16)21;;/h3-6,8,11-12,15H,7,9-10H2,1-2H3,(H,23,24,26);2*1H. The van der Waals surface area contributed by atoms with Crippen molar-refractivity contribution in [2.75, 3.05) is 19.4 Å². The molecule has 152 valence electrons. The zero-order chi connectivity index (χ0) is 18.7. The van der Waals surface area contributed by atoms with Gasteiger partial charge in [-0.1, -0.05) is 23.7 Å². The number of allylic oxidation sites excluding steroid dienone is 1. The molecule has 1 aromatic heterocycles. The molecule has 2 aromatic rings. The molecule has 1 unspecified atom stereocenters. The summed E-state index contributed by atoms with van der Waals surface area (Å²) in [7, 11) is 4.19. The van der Waals surface area contributed by atoms with E-state index in [1.54, 1.807) is 6.07 Å². The predicted octanol–water partition coefficient (Wildman–Crippen LogP) is 5.47. The highest BCUT2D eigenvalue weighted by atomic mass is 35.5. The number of pyridine rings is 1. The monoisotopic (exact) mass is 445 g/mol. The van der Waals surface area contributed by atoms with E-state index in [9.17, 15) is 9.18 Å². The van der Waals surface area contributed by atoms with Crippen molar-refractivity contribution in [2.24, 2.45) is 0 Å². The van der Waals surface area contributed by atoms with Gasteiger partial charge in [-0.3, -0.25) is 4.79 Å². The third-order valence-electron chi connectivity index (χ3n) is 4.61.